The monoisotopic (exact) mass is 448 g/mol. The number of aromatic amines is 1. The minimum absolute atomic E-state index is 0.124. The predicted molar refractivity (Wildman–Crippen MR) is 123 cm³/mol. The minimum atomic E-state index is -3.90. The second-order valence-corrected chi connectivity index (χ2v) is 9.31. The van der Waals surface area contributed by atoms with Gasteiger partial charge < -0.3 is 10.3 Å². The number of sulfonamides is 1. The summed E-state index contributed by atoms with van der Waals surface area (Å²) in [6.07, 6.45) is 3.65. The summed E-state index contributed by atoms with van der Waals surface area (Å²) >= 11 is 0. The van der Waals surface area contributed by atoms with Crippen molar-refractivity contribution in [3.63, 3.8) is 0 Å². The van der Waals surface area contributed by atoms with Gasteiger partial charge in [-0.15, -0.1) is 0 Å². The summed E-state index contributed by atoms with van der Waals surface area (Å²) < 4.78 is 28.7. The highest BCUT2D eigenvalue weighted by atomic mass is 32.2. The van der Waals surface area contributed by atoms with E-state index in [1.807, 2.05) is 49.5 Å². The van der Waals surface area contributed by atoms with Crippen molar-refractivity contribution in [3.05, 3.63) is 95.9 Å². The molecule has 0 aliphatic carbocycles. The molecule has 0 spiro atoms. The van der Waals surface area contributed by atoms with Gasteiger partial charge in [-0.25, -0.2) is 8.42 Å². The fourth-order valence-electron chi connectivity index (χ4n) is 3.55. The summed E-state index contributed by atoms with van der Waals surface area (Å²) in [5, 5.41) is 3.76. The van der Waals surface area contributed by atoms with E-state index in [9.17, 15) is 13.2 Å². The second-order valence-electron chi connectivity index (χ2n) is 7.59. The minimum Gasteiger partial charge on any atom is -0.361 e. The van der Waals surface area contributed by atoms with Crippen LogP contribution in [0.3, 0.4) is 0 Å². The van der Waals surface area contributed by atoms with Gasteiger partial charge in [-0.2, -0.15) is 4.72 Å². The summed E-state index contributed by atoms with van der Waals surface area (Å²) in [5.41, 5.74) is 3.29. The third kappa shape index (κ3) is 5.04. The molecule has 0 saturated carbocycles. The number of rotatable bonds is 8. The standard InChI is InChI=1S/C24H24N4O3S/c1-17-7-6-9-20(13-17)32(30,31)28-23(24(29)27-16-19-8-4-5-12-25-19)14-18-15-26-22-11-3-2-10-21(18)22/h2-13,15,23,26,28H,14,16H2,1H3,(H,27,29)/t23-/m0/s1. The van der Waals surface area contributed by atoms with Crippen LogP contribution in [0.2, 0.25) is 0 Å². The Bertz CT molecular complexity index is 1330. The van der Waals surface area contributed by atoms with Crippen molar-refractivity contribution in [2.45, 2.75) is 30.8 Å². The van der Waals surface area contributed by atoms with E-state index >= 15 is 0 Å². The van der Waals surface area contributed by atoms with Gasteiger partial charge in [0.25, 0.3) is 0 Å². The average Bonchev–Trinajstić information content (AvgIpc) is 3.20. The summed E-state index contributed by atoms with van der Waals surface area (Å²) in [4.78, 5) is 20.6. The van der Waals surface area contributed by atoms with Gasteiger partial charge in [0.05, 0.1) is 17.1 Å². The van der Waals surface area contributed by atoms with Gasteiger partial charge in [0.2, 0.25) is 15.9 Å². The van der Waals surface area contributed by atoms with Crippen LogP contribution in [0.4, 0.5) is 0 Å². The first kappa shape index (κ1) is 21.7. The Hall–Kier alpha value is -3.49. The van der Waals surface area contributed by atoms with Crippen LogP contribution in [-0.2, 0) is 27.8 Å². The quantitative estimate of drug-likeness (QED) is 0.385. The van der Waals surface area contributed by atoms with Crippen LogP contribution in [0.25, 0.3) is 10.9 Å². The first-order valence-electron chi connectivity index (χ1n) is 10.2. The number of nitrogens with zero attached hydrogens (tertiary/aromatic N) is 1. The lowest BCUT2D eigenvalue weighted by Crippen LogP contribution is -2.47. The summed E-state index contributed by atoms with van der Waals surface area (Å²) in [5.74, 6) is -0.419. The molecule has 2 aromatic heterocycles. The van der Waals surface area contributed by atoms with Crippen molar-refractivity contribution in [1.82, 2.24) is 20.0 Å². The third-order valence-corrected chi connectivity index (χ3v) is 6.65. The Kier molecular flexibility index (Phi) is 6.34. The molecule has 4 aromatic rings. The van der Waals surface area contributed by atoms with Crippen molar-refractivity contribution >= 4 is 26.8 Å². The third-order valence-electron chi connectivity index (χ3n) is 5.18. The Morgan fingerprint density at radius 2 is 1.88 bits per heavy atom. The number of aromatic nitrogens is 2. The molecule has 8 heteroatoms. The largest absolute Gasteiger partial charge is 0.361 e. The molecular formula is C24H24N4O3S. The number of aryl methyl sites for hydroxylation is 1. The first-order valence-corrected chi connectivity index (χ1v) is 11.7. The lowest BCUT2D eigenvalue weighted by atomic mass is 10.1. The molecule has 0 fully saturated rings. The molecule has 0 bridgehead atoms. The van der Waals surface area contributed by atoms with Crippen LogP contribution in [0.5, 0.6) is 0 Å². The van der Waals surface area contributed by atoms with Crippen LogP contribution in [-0.4, -0.2) is 30.3 Å². The Labute approximate surface area is 187 Å². The molecule has 1 atom stereocenters. The van der Waals surface area contributed by atoms with Gasteiger partial charge in [-0.1, -0.05) is 36.4 Å². The number of hydrogen-bond acceptors (Lipinski definition) is 4. The number of H-pyrrole nitrogens is 1. The second kappa shape index (κ2) is 9.33. The molecule has 4 rings (SSSR count). The van der Waals surface area contributed by atoms with E-state index in [1.54, 1.807) is 30.5 Å². The van der Waals surface area contributed by atoms with Gasteiger partial charge >= 0.3 is 0 Å². The Balaban J connectivity index is 1.60. The topological polar surface area (TPSA) is 104 Å². The number of fused-ring (bicyclic) bond motifs is 1. The zero-order valence-electron chi connectivity index (χ0n) is 17.6. The number of hydrogen-bond donors (Lipinski definition) is 3. The van der Waals surface area contributed by atoms with Crippen LogP contribution >= 0.6 is 0 Å². The number of carbonyl (C=O) groups excluding carboxylic acids is 1. The molecule has 164 valence electrons. The van der Waals surface area contributed by atoms with E-state index in [1.165, 1.54) is 6.07 Å². The highest BCUT2D eigenvalue weighted by Gasteiger charge is 2.27. The summed E-state index contributed by atoms with van der Waals surface area (Å²) in [6.45, 7) is 2.03. The zero-order chi connectivity index (χ0) is 22.6. The predicted octanol–water partition coefficient (Wildman–Crippen LogP) is 3.08. The molecule has 32 heavy (non-hydrogen) atoms. The normalized spacial score (nSPS) is 12.5. The average molecular weight is 449 g/mol. The molecule has 0 saturated heterocycles. The van der Waals surface area contributed by atoms with Crippen molar-refractivity contribution in [2.24, 2.45) is 0 Å². The molecule has 3 N–H and O–H groups in total. The number of nitrogens with one attached hydrogen (secondary N) is 3. The fraction of sp³-hybridized carbons (Fsp3) is 0.167. The Morgan fingerprint density at radius 1 is 1.06 bits per heavy atom. The molecule has 7 nitrogen and oxygen atoms in total. The van der Waals surface area contributed by atoms with E-state index < -0.39 is 22.0 Å². The van der Waals surface area contributed by atoms with Gasteiger partial charge in [-0.3, -0.25) is 9.78 Å². The van der Waals surface area contributed by atoms with E-state index in [-0.39, 0.29) is 17.9 Å². The fourth-order valence-corrected chi connectivity index (χ4v) is 4.85. The number of carbonyl (C=O) groups is 1. The first-order chi connectivity index (χ1) is 15.4. The van der Waals surface area contributed by atoms with Crippen LogP contribution in [0, 0.1) is 6.92 Å². The molecule has 2 aromatic carbocycles. The van der Waals surface area contributed by atoms with Gasteiger partial charge in [0.1, 0.15) is 6.04 Å². The summed E-state index contributed by atoms with van der Waals surface area (Å²) in [7, 11) is -3.90. The lowest BCUT2D eigenvalue weighted by molar-refractivity contribution is -0.122. The van der Waals surface area contributed by atoms with Crippen molar-refractivity contribution < 1.29 is 13.2 Å². The highest BCUT2D eigenvalue weighted by molar-refractivity contribution is 7.89. The van der Waals surface area contributed by atoms with Crippen molar-refractivity contribution in [2.75, 3.05) is 0 Å². The molecule has 0 unspecified atom stereocenters. The molecule has 0 aliphatic rings. The lowest BCUT2D eigenvalue weighted by Gasteiger charge is -2.19. The molecule has 0 radical (unpaired) electrons. The maximum Gasteiger partial charge on any atom is 0.241 e. The Morgan fingerprint density at radius 3 is 2.66 bits per heavy atom. The van der Waals surface area contributed by atoms with Crippen molar-refractivity contribution in [1.29, 1.82) is 0 Å². The number of benzene rings is 2. The van der Waals surface area contributed by atoms with Gasteiger partial charge in [0, 0.05) is 23.3 Å². The zero-order valence-corrected chi connectivity index (χ0v) is 18.4. The molecule has 0 aliphatic heterocycles. The highest BCUT2D eigenvalue weighted by Crippen LogP contribution is 2.20. The van der Waals surface area contributed by atoms with Gasteiger partial charge in [-0.05, 0) is 54.8 Å². The number of pyridine rings is 1. The van der Waals surface area contributed by atoms with Crippen LogP contribution in [0.1, 0.15) is 16.8 Å². The van der Waals surface area contributed by atoms with E-state index in [2.05, 4.69) is 20.0 Å². The molecule has 2 heterocycles. The van der Waals surface area contributed by atoms with Gasteiger partial charge in [0.15, 0.2) is 0 Å². The number of para-hydroxylation sites is 1. The smallest absolute Gasteiger partial charge is 0.241 e. The summed E-state index contributed by atoms with van der Waals surface area (Å²) in [6, 6.07) is 18.7. The van der Waals surface area contributed by atoms with Crippen LogP contribution in [0.15, 0.2) is 84.0 Å². The SMILES string of the molecule is Cc1cccc(S(=O)(=O)N[C@@H](Cc2c[nH]c3ccccc23)C(=O)NCc2ccccn2)c1. The molecular weight excluding hydrogens is 424 g/mol. The number of amides is 1. The van der Waals surface area contributed by atoms with Crippen molar-refractivity contribution in [3.8, 4) is 0 Å². The molecule has 1 amide bonds. The van der Waals surface area contributed by atoms with E-state index in [4.69, 9.17) is 0 Å². The maximum absolute atomic E-state index is 13.1. The van der Waals surface area contributed by atoms with Crippen LogP contribution < -0.4 is 10.0 Å². The van der Waals surface area contributed by atoms with E-state index in [0.29, 0.717) is 5.69 Å². The van der Waals surface area contributed by atoms with E-state index in [0.717, 1.165) is 22.0 Å². The maximum atomic E-state index is 13.1.